The average Bonchev–Trinajstić information content (AvgIpc) is 3.47. The topological polar surface area (TPSA) is 80.3 Å². The zero-order valence-corrected chi connectivity index (χ0v) is 18.0. The lowest BCUT2D eigenvalue weighted by Crippen LogP contribution is -2.54. The number of hydrogen-bond donors (Lipinski definition) is 2. The van der Waals surface area contributed by atoms with Crippen molar-refractivity contribution in [1.29, 1.82) is 0 Å². The maximum Gasteiger partial charge on any atom is 0.271 e. The van der Waals surface area contributed by atoms with E-state index >= 15 is 0 Å². The van der Waals surface area contributed by atoms with E-state index in [9.17, 15) is 9.59 Å². The number of ether oxygens (including phenoxy) is 1. The van der Waals surface area contributed by atoms with E-state index in [1.165, 1.54) is 11.3 Å². The second-order valence-electron chi connectivity index (χ2n) is 8.19. The van der Waals surface area contributed by atoms with E-state index in [4.69, 9.17) is 4.74 Å². The van der Waals surface area contributed by atoms with Crippen LogP contribution in [0.25, 0.3) is 0 Å². The Morgan fingerprint density at radius 3 is 2.37 bits per heavy atom. The highest BCUT2D eigenvalue weighted by Crippen LogP contribution is 2.26. The molecule has 0 spiro atoms. The molecule has 2 N–H and O–H groups in total. The fourth-order valence-electron chi connectivity index (χ4n) is 4.35. The van der Waals surface area contributed by atoms with Crippen LogP contribution in [0.15, 0.2) is 35.7 Å². The normalized spacial score (nSPS) is 21.9. The van der Waals surface area contributed by atoms with Crippen LogP contribution in [0.2, 0.25) is 0 Å². The first kappa shape index (κ1) is 20.8. The molecule has 0 aliphatic heterocycles. The van der Waals surface area contributed by atoms with Gasteiger partial charge in [-0.05, 0) is 37.8 Å². The molecule has 1 aromatic heterocycles. The quantitative estimate of drug-likeness (QED) is 0.698. The second-order valence-corrected chi connectivity index (χ2v) is 9.13. The van der Waals surface area contributed by atoms with E-state index in [1.807, 2.05) is 30.3 Å². The summed E-state index contributed by atoms with van der Waals surface area (Å²) in [5.41, 5.74) is 0.415. The first-order chi connectivity index (χ1) is 14.7. The monoisotopic (exact) mass is 427 g/mol. The van der Waals surface area contributed by atoms with Crippen molar-refractivity contribution < 1.29 is 14.3 Å². The third kappa shape index (κ3) is 5.39. The molecule has 2 aliphatic carbocycles. The van der Waals surface area contributed by atoms with Gasteiger partial charge in [-0.2, -0.15) is 0 Å². The van der Waals surface area contributed by atoms with Gasteiger partial charge < -0.3 is 15.4 Å². The molecule has 2 fully saturated rings. The Morgan fingerprint density at radius 1 is 0.967 bits per heavy atom. The van der Waals surface area contributed by atoms with E-state index < -0.39 is 0 Å². The number of benzene rings is 1. The van der Waals surface area contributed by atoms with Gasteiger partial charge in [-0.15, -0.1) is 11.3 Å². The van der Waals surface area contributed by atoms with E-state index in [2.05, 4.69) is 15.6 Å². The van der Waals surface area contributed by atoms with Crippen LogP contribution in [-0.2, 0) is 11.4 Å². The average molecular weight is 428 g/mol. The molecule has 30 heavy (non-hydrogen) atoms. The molecular formula is C23H29N3O3S. The van der Waals surface area contributed by atoms with Gasteiger partial charge in [0.15, 0.2) is 0 Å². The first-order valence-electron chi connectivity index (χ1n) is 10.9. The largest absolute Gasteiger partial charge is 0.486 e. The molecule has 2 saturated carbocycles. The third-order valence-electron chi connectivity index (χ3n) is 6.03. The number of carbonyl (C=O) groups is 2. The molecule has 0 saturated heterocycles. The van der Waals surface area contributed by atoms with E-state index in [0.717, 1.165) is 62.1 Å². The molecular weight excluding hydrogens is 398 g/mol. The number of rotatable bonds is 7. The molecule has 1 heterocycles. The summed E-state index contributed by atoms with van der Waals surface area (Å²) in [4.78, 5) is 29.8. The lowest BCUT2D eigenvalue weighted by molar-refractivity contribution is -0.125. The van der Waals surface area contributed by atoms with Gasteiger partial charge in [0.2, 0.25) is 5.91 Å². The molecule has 0 bridgehead atoms. The lowest BCUT2D eigenvalue weighted by Gasteiger charge is -2.33. The van der Waals surface area contributed by atoms with Crippen molar-refractivity contribution in [3.05, 3.63) is 46.4 Å². The van der Waals surface area contributed by atoms with Gasteiger partial charge in [0, 0.05) is 23.4 Å². The minimum atomic E-state index is -0.177. The van der Waals surface area contributed by atoms with Crippen LogP contribution < -0.4 is 15.4 Å². The Labute approximate surface area is 181 Å². The smallest absolute Gasteiger partial charge is 0.271 e. The summed E-state index contributed by atoms with van der Waals surface area (Å²) in [5, 5.41) is 8.87. The molecule has 0 radical (unpaired) electrons. The molecule has 4 rings (SSSR count). The van der Waals surface area contributed by atoms with Crippen LogP contribution in [0.3, 0.4) is 0 Å². The highest BCUT2D eigenvalue weighted by atomic mass is 32.1. The maximum atomic E-state index is 12.8. The van der Waals surface area contributed by atoms with Crippen LogP contribution in [-0.4, -0.2) is 28.9 Å². The fraction of sp³-hybridized carbons (Fsp3) is 0.522. The molecule has 2 amide bonds. The number of hydrogen-bond acceptors (Lipinski definition) is 5. The number of thiazole rings is 1. The van der Waals surface area contributed by atoms with Crippen molar-refractivity contribution in [2.24, 2.45) is 5.92 Å². The van der Waals surface area contributed by atoms with Gasteiger partial charge in [-0.25, -0.2) is 4.98 Å². The number of aromatic nitrogens is 1. The van der Waals surface area contributed by atoms with Crippen molar-refractivity contribution in [1.82, 2.24) is 15.6 Å². The summed E-state index contributed by atoms with van der Waals surface area (Å²) in [6.07, 6.45) is 8.20. The molecule has 7 heteroatoms. The number of nitrogens with zero attached hydrogens (tertiary/aromatic N) is 1. The Kier molecular flexibility index (Phi) is 7.00. The third-order valence-corrected chi connectivity index (χ3v) is 6.85. The Balaban J connectivity index is 1.31. The predicted molar refractivity (Wildman–Crippen MR) is 116 cm³/mol. The number of amides is 2. The number of nitrogens with one attached hydrogen (secondary N) is 2. The Morgan fingerprint density at radius 2 is 1.63 bits per heavy atom. The van der Waals surface area contributed by atoms with E-state index in [-0.39, 0.29) is 29.8 Å². The summed E-state index contributed by atoms with van der Waals surface area (Å²) in [6, 6.07) is 9.53. The zero-order chi connectivity index (χ0) is 20.8. The van der Waals surface area contributed by atoms with Crippen LogP contribution >= 0.6 is 11.3 Å². The molecule has 6 nitrogen and oxygen atoms in total. The SMILES string of the molecule is O=C(N[C@H]1CCCC[C@H]1NC(=O)C1CCCC1)c1csc(COc2ccccc2)n1. The van der Waals surface area contributed by atoms with Crippen molar-refractivity contribution in [3.8, 4) is 5.75 Å². The van der Waals surface area contributed by atoms with Crippen LogP contribution in [0.4, 0.5) is 0 Å². The zero-order valence-electron chi connectivity index (χ0n) is 17.1. The van der Waals surface area contributed by atoms with Gasteiger partial charge >= 0.3 is 0 Å². The Bertz CT molecular complexity index is 848. The summed E-state index contributed by atoms with van der Waals surface area (Å²) < 4.78 is 5.71. The van der Waals surface area contributed by atoms with Gasteiger partial charge in [0.05, 0.1) is 0 Å². The van der Waals surface area contributed by atoms with Crippen molar-refractivity contribution in [2.45, 2.75) is 70.1 Å². The van der Waals surface area contributed by atoms with Gasteiger partial charge in [0.25, 0.3) is 5.91 Å². The molecule has 0 unspecified atom stereocenters. The van der Waals surface area contributed by atoms with Gasteiger partial charge in [-0.1, -0.05) is 43.9 Å². The Hall–Kier alpha value is -2.41. The second kappa shape index (κ2) is 10.1. The van der Waals surface area contributed by atoms with Crippen LogP contribution in [0, 0.1) is 5.92 Å². The van der Waals surface area contributed by atoms with Gasteiger partial charge in [0.1, 0.15) is 23.1 Å². The summed E-state index contributed by atoms with van der Waals surface area (Å²) in [6.45, 7) is 0.339. The van der Waals surface area contributed by atoms with Crippen molar-refractivity contribution in [2.75, 3.05) is 0 Å². The predicted octanol–water partition coefficient (Wildman–Crippen LogP) is 4.07. The molecule has 1 aromatic carbocycles. The summed E-state index contributed by atoms with van der Waals surface area (Å²) in [7, 11) is 0. The molecule has 2 aromatic rings. The number of carbonyl (C=O) groups excluding carboxylic acids is 2. The number of para-hydroxylation sites is 1. The van der Waals surface area contributed by atoms with Crippen molar-refractivity contribution in [3.63, 3.8) is 0 Å². The maximum absolute atomic E-state index is 12.8. The van der Waals surface area contributed by atoms with Gasteiger partial charge in [-0.3, -0.25) is 9.59 Å². The lowest BCUT2D eigenvalue weighted by atomic mass is 9.89. The highest BCUT2D eigenvalue weighted by molar-refractivity contribution is 7.09. The molecule has 2 aliphatic rings. The summed E-state index contributed by atoms with van der Waals surface area (Å²) >= 11 is 1.42. The minimum absolute atomic E-state index is 0.00956. The molecule has 2 atom stereocenters. The minimum Gasteiger partial charge on any atom is -0.486 e. The van der Waals surface area contributed by atoms with E-state index in [0.29, 0.717) is 12.3 Å². The highest BCUT2D eigenvalue weighted by Gasteiger charge is 2.31. The fourth-order valence-corrected chi connectivity index (χ4v) is 5.04. The molecule has 160 valence electrons. The van der Waals surface area contributed by atoms with E-state index in [1.54, 1.807) is 5.38 Å². The van der Waals surface area contributed by atoms with Crippen LogP contribution in [0.1, 0.15) is 66.9 Å². The van der Waals surface area contributed by atoms with Crippen molar-refractivity contribution >= 4 is 23.2 Å². The standard InChI is InChI=1S/C23H29N3O3S/c27-22(16-8-4-5-9-16)25-18-12-6-7-13-19(18)26-23(28)20-15-30-21(24-20)14-29-17-10-2-1-3-11-17/h1-3,10-11,15-16,18-19H,4-9,12-14H2,(H,25,27)(H,26,28)/t18-,19+/m1/s1. The summed E-state index contributed by atoms with van der Waals surface area (Å²) in [5.74, 6) is 0.910. The van der Waals surface area contributed by atoms with Crippen LogP contribution in [0.5, 0.6) is 5.75 Å². The first-order valence-corrected chi connectivity index (χ1v) is 11.8.